The van der Waals surface area contributed by atoms with Crippen molar-refractivity contribution in [3.63, 3.8) is 0 Å². The third-order valence-corrected chi connectivity index (χ3v) is 4.42. The van der Waals surface area contributed by atoms with Gasteiger partial charge in [0.2, 0.25) is 0 Å². The van der Waals surface area contributed by atoms with Crippen LogP contribution in [0.4, 0.5) is 4.39 Å². The maximum atomic E-state index is 14.0. The standard InChI is InChI=1S/C19H26FN5O2/c1-4-26-17-6-5-14(9-16(17)20)10-22-19(21-2)25-7-8-27-18(13-25)15-11-23-24(3)12-15/h5-6,9,11-12,18H,4,7-8,10,13H2,1-3H3,(H,21,22). The van der Waals surface area contributed by atoms with Crippen molar-refractivity contribution >= 4 is 5.96 Å². The van der Waals surface area contributed by atoms with Crippen molar-refractivity contribution in [1.29, 1.82) is 0 Å². The average molecular weight is 375 g/mol. The van der Waals surface area contributed by atoms with Crippen LogP contribution < -0.4 is 10.1 Å². The van der Waals surface area contributed by atoms with E-state index in [-0.39, 0.29) is 17.7 Å². The Morgan fingerprint density at radius 1 is 1.48 bits per heavy atom. The lowest BCUT2D eigenvalue weighted by Crippen LogP contribution is -2.47. The van der Waals surface area contributed by atoms with Gasteiger partial charge in [-0.2, -0.15) is 5.10 Å². The van der Waals surface area contributed by atoms with Crippen molar-refractivity contribution in [2.45, 2.75) is 19.6 Å². The summed E-state index contributed by atoms with van der Waals surface area (Å²) in [4.78, 5) is 6.51. The summed E-state index contributed by atoms with van der Waals surface area (Å²) in [6.45, 7) is 4.79. The van der Waals surface area contributed by atoms with Crippen LogP contribution in [0.2, 0.25) is 0 Å². The Labute approximate surface area is 158 Å². The summed E-state index contributed by atoms with van der Waals surface area (Å²) >= 11 is 0. The highest BCUT2D eigenvalue weighted by atomic mass is 19.1. The molecule has 0 amide bonds. The van der Waals surface area contributed by atoms with Crippen LogP contribution in [0.25, 0.3) is 0 Å². The first kappa shape index (κ1) is 19.2. The second kappa shape index (κ2) is 8.85. The highest BCUT2D eigenvalue weighted by Crippen LogP contribution is 2.22. The van der Waals surface area contributed by atoms with Gasteiger partial charge in [-0.15, -0.1) is 0 Å². The van der Waals surface area contributed by atoms with Gasteiger partial charge in [0.05, 0.1) is 26.0 Å². The fraction of sp³-hybridized carbons (Fsp3) is 0.474. The number of halogens is 1. The first-order valence-electron chi connectivity index (χ1n) is 9.07. The number of hydrogen-bond donors (Lipinski definition) is 1. The molecule has 2 heterocycles. The minimum absolute atomic E-state index is 0.0473. The summed E-state index contributed by atoms with van der Waals surface area (Å²) in [6, 6.07) is 5.00. The van der Waals surface area contributed by atoms with Crippen molar-refractivity contribution in [1.82, 2.24) is 20.0 Å². The van der Waals surface area contributed by atoms with Crippen LogP contribution in [-0.4, -0.2) is 54.0 Å². The smallest absolute Gasteiger partial charge is 0.194 e. The molecule has 1 aromatic heterocycles. The number of aromatic nitrogens is 2. The SMILES string of the molecule is CCOc1ccc(CNC(=NC)N2CCOC(c3cnn(C)c3)C2)cc1F. The lowest BCUT2D eigenvalue weighted by molar-refractivity contribution is -0.00805. The average Bonchev–Trinajstić information content (AvgIpc) is 3.11. The maximum absolute atomic E-state index is 14.0. The first-order valence-corrected chi connectivity index (χ1v) is 9.07. The van der Waals surface area contributed by atoms with Crippen LogP contribution in [0.5, 0.6) is 5.75 Å². The molecular weight excluding hydrogens is 349 g/mol. The Hall–Kier alpha value is -2.61. The Morgan fingerprint density at radius 2 is 2.33 bits per heavy atom. The third-order valence-electron chi connectivity index (χ3n) is 4.42. The molecule has 8 heteroatoms. The summed E-state index contributed by atoms with van der Waals surface area (Å²) < 4.78 is 26.9. The molecule has 2 aromatic rings. The van der Waals surface area contributed by atoms with Gasteiger partial charge in [-0.25, -0.2) is 4.39 Å². The van der Waals surface area contributed by atoms with Crippen molar-refractivity contribution in [3.8, 4) is 5.75 Å². The van der Waals surface area contributed by atoms with E-state index in [1.54, 1.807) is 17.8 Å². The van der Waals surface area contributed by atoms with Crippen molar-refractivity contribution in [3.05, 3.63) is 47.5 Å². The number of benzene rings is 1. The minimum Gasteiger partial charge on any atom is -0.491 e. The van der Waals surface area contributed by atoms with E-state index in [4.69, 9.17) is 9.47 Å². The number of ether oxygens (including phenoxy) is 2. The molecule has 1 atom stereocenters. The highest BCUT2D eigenvalue weighted by Gasteiger charge is 2.25. The fourth-order valence-electron chi connectivity index (χ4n) is 3.09. The number of guanidine groups is 1. The van der Waals surface area contributed by atoms with Crippen LogP contribution in [0.15, 0.2) is 35.6 Å². The number of nitrogens with zero attached hydrogens (tertiary/aromatic N) is 4. The Kier molecular flexibility index (Phi) is 6.28. The fourth-order valence-corrected chi connectivity index (χ4v) is 3.09. The van der Waals surface area contributed by atoms with E-state index >= 15 is 0 Å². The molecule has 1 aromatic carbocycles. The topological polar surface area (TPSA) is 63.9 Å². The van der Waals surface area contributed by atoms with Gasteiger partial charge in [-0.3, -0.25) is 9.67 Å². The zero-order valence-electron chi connectivity index (χ0n) is 16.0. The van der Waals surface area contributed by atoms with Crippen molar-refractivity contribution < 1.29 is 13.9 Å². The lowest BCUT2D eigenvalue weighted by Gasteiger charge is -2.34. The Bertz CT molecular complexity index is 792. The van der Waals surface area contributed by atoms with Crippen LogP contribution in [-0.2, 0) is 18.3 Å². The van der Waals surface area contributed by atoms with E-state index in [1.165, 1.54) is 6.07 Å². The molecule has 0 spiro atoms. The molecule has 3 rings (SSSR count). The molecule has 0 radical (unpaired) electrons. The summed E-state index contributed by atoms with van der Waals surface area (Å²) in [6.07, 6.45) is 3.74. The summed E-state index contributed by atoms with van der Waals surface area (Å²) in [7, 11) is 3.64. The zero-order chi connectivity index (χ0) is 19.2. The van der Waals surface area contributed by atoms with Crippen LogP contribution in [0.3, 0.4) is 0 Å². The van der Waals surface area contributed by atoms with Gasteiger partial charge in [0.1, 0.15) is 6.10 Å². The molecule has 0 bridgehead atoms. The maximum Gasteiger partial charge on any atom is 0.194 e. The summed E-state index contributed by atoms with van der Waals surface area (Å²) in [5.74, 6) is 0.689. The molecular formula is C19H26FN5O2. The van der Waals surface area contributed by atoms with Gasteiger partial charge < -0.3 is 19.7 Å². The normalized spacial score (nSPS) is 17.9. The number of morpholine rings is 1. The molecule has 1 aliphatic rings. The van der Waals surface area contributed by atoms with E-state index in [9.17, 15) is 4.39 Å². The zero-order valence-corrected chi connectivity index (χ0v) is 16.0. The number of aliphatic imine (C=N–C) groups is 1. The second-order valence-corrected chi connectivity index (χ2v) is 6.35. The minimum atomic E-state index is -0.353. The molecule has 7 nitrogen and oxygen atoms in total. The molecule has 0 aliphatic carbocycles. The number of aryl methyl sites for hydroxylation is 1. The third kappa shape index (κ3) is 4.77. The van der Waals surface area contributed by atoms with Gasteiger partial charge in [0.25, 0.3) is 0 Å². The largest absolute Gasteiger partial charge is 0.491 e. The van der Waals surface area contributed by atoms with Gasteiger partial charge in [0, 0.05) is 38.9 Å². The van der Waals surface area contributed by atoms with E-state index in [2.05, 4.69) is 20.3 Å². The van der Waals surface area contributed by atoms with E-state index in [0.717, 1.165) is 23.6 Å². The molecule has 146 valence electrons. The van der Waals surface area contributed by atoms with Gasteiger partial charge >= 0.3 is 0 Å². The van der Waals surface area contributed by atoms with Crippen molar-refractivity contribution in [2.24, 2.45) is 12.0 Å². The van der Waals surface area contributed by atoms with Gasteiger partial charge in [0.15, 0.2) is 17.5 Å². The summed E-state index contributed by atoms with van der Waals surface area (Å²) in [5.41, 5.74) is 1.88. The van der Waals surface area contributed by atoms with Gasteiger partial charge in [-0.1, -0.05) is 6.07 Å². The van der Waals surface area contributed by atoms with Gasteiger partial charge in [-0.05, 0) is 24.6 Å². The first-order chi connectivity index (χ1) is 13.1. The number of hydrogen-bond acceptors (Lipinski definition) is 4. The van der Waals surface area contributed by atoms with Crippen LogP contribution in [0, 0.1) is 5.82 Å². The van der Waals surface area contributed by atoms with E-state index in [0.29, 0.717) is 26.3 Å². The molecule has 1 saturated heterocycles. The predicted octanol–water partition coefficient (Wildman–Crippen LogP) is 2.11. The number of rotatable bonds is 5. The summed E-state index contributed by atoms with van der Waals surface area (Å²) in [5, 5.41) is 7.52. The Balaban J connectivity index is 1.61. The lowest BCUT2D eigenvalue weighted by atomic mass is 10.1. The molecule has 27 heavy (non-hydrogen) atoms. The van der Waals surface area contributed by atoms with E-state index in [1.807, 2.05) is 32.4 Å². The Morgan fingerprint density at radius 3 is 3.00 bits per heavy atom. The monoisotopic (exact) mass is 375 g/mol. The van der Waals surface area contributed by atoms with Crippen LogP contribution >= 0.6 is 0 Å². The number of nitrogens with one attached hydrogen (secondary N) is 1. The van der Waals surface area contributed by atoms with E-state index < -0.39 is 0 Å². The molecule has 1 unspecified atom stereocenters. The quantitative estimate of drug-likeness (QED) is 0.641. The molecule has 1 fully saturated rings. The molecule has 0 saturated carbocycles. The molecule has 1 aliphatic heterocycles. The molecule has 1 N–H and O–H groups in total. The van der Waals surface area contributed by atoms with Crippen molar-refractivity contribution in [2.75, 3.05) is 33.4 Å². The van der Waals surface area contributed by atoms with Crippen LogP contribution in [0.1, 0.15) is 24.2 Å². The second-order valence-electron chi connectivity index (χ2n) is 6.35. The predicted molar refractivity (Wildman–Crippen MR) is 101 cm³/mol. The highest BCUT2D eigenvalue weighted by molar-refractivity contribution is 5.80.